The van der Waals surface area contributed by atoms with E-state index in [0.29, 0.717) is 17.5 Å². The van der Waals surface area contributed by atoms with Crippen molar-refractivity contribution in [3.05, 3.63) is 108 Å². The third-order valence-corrected chi connectivity index (χ3v) is 12.5. The van der Waals surface area contributed by atoms with Crippen molar-refractivity contribution in [3.63, 3.8) is 0 Å². The zero-order chi connectivity index (χ0) is 37.2. The van der Waals surface area contributed by atoms with Crippen molar-refractivity contribution < 1.29 is 24.5 Å². The van der Waals surface area contributed by atoms with Gasteiger partial charge in [-0.1, -0.05) is 122 Å². The van der Waals surface area contributed by atoms with Gasteiger partial charge in [-0.25, -0.2) is 4.98 Å². The fraction of sp³-hybridized carbons (Fsp3) is 0.426. The molecule has 6 aromatic rings. The first kappa shape index (κ1) is 40.7. The first-order valence-corrected chi connectivity index (χ1v) is 22.9. The molecule has 4 heterocycles. The van der Waals surface area contributed by atoms with Crippen LogP contribution in [0.5, 0.6) is 0 Å². The quantitative estimate of drug-likeness (QED) is 0.113. The molecule has 1 aliphatic carbocycles. The van der Waals surface area contributed by atoms with Crippen LogP contribution >= 0.6 is 0 Å². The summed E-state index contributed by atoms with van der Waals surface area (Å²) < 4.78 is 6.11. The minimum absolute atomic E-state index is 0. The van der Waals surface area contributed by atoms with Crippen LogP contribution in [0.4, 0.5) is 0 Å². The van der Waals surface area contributed by atoms with Crippen molar-refractivity contribution in [2.24, 2.45) is 11.8 Å². The Kier molecular flexibility index (Phi) is 13.0. The smallest absolute Gasteiger partial charge is 0.216 e. The number of aromatic nitrogens is 3. The molecule has 1 saturated carbocycles. The molecule has 0 atom stereocenters. The van der Waals surface area contributed by atoms with Crippen LogP contribution in [0.25, 0.3) is 44.6 Å². The Balaban J connectivity index is 0.000000203. The molecule has 4 nitrogen and oxygen atoms in total. The standard InChI is InChI=1S/C25H25N2O.C22H32NSi.Ir/c1-16(2)22-15-27-23(14-18(22)13-17-7-3-4-8-17)21-10-5-9-19-20-11-6-12-26-25(20)28-24(19)21;1-16(2)12-18-14-20(23-15-21(18)24(6,7)8)17-10-9-11-19(13-17)22(3,4)5;/h5-6,9,11-12,14-17H,3-4,7-8,13H2,1-2H3;9,11,13-16H,12H2,1-8H3;/q2*-1;. The van der Waals surface area contributed by atoms with E-state index in [2.05, 4.69) is 128 Å². The zero-order valence-electron chi connectivity index (χ0n) is 33.5. The largest absolute Gasteiger partial charge is 0.486 e. The monoisotopic (exact) mass is 900 g/mol. The van der Waals surface area contributed by atoms with Crippen LogP contribution in [0.15, 0.2) is 77.6 Å². The average Bonchev–Trinajstić information content (AvgIpc) is 3.75. The summed E-state index contributed by atoms with van der Waals surface area (Å²) in [5, 5.41) is 3.61. The van der Waals surface area contributed by atoms with Gasteiger partial charge in [0.25, 0.3) is 0 Å². The minimum atomic E-state index is -1.38. The van der Waals surface area contributed by atoms with Crippen molar-refractivity contribution in [2.75, 3.05) is 0 Å². The fourth-order valence-electron chi connectivity index (χ4n) is 7.64. The first-order chi connectivity index (χ1) is 24.7. The average molecular weight is 900 g/mol. The second-order valence-electron chi connectivity index (χ2n) is 17.6. The molecule has 6 heteroatoms. The van der Waals surface area contributed by atoms with Crippen LogP contribution in [0.1, 0.15) is 102 Å². The van der Waals surface area contributed by atoms with E-state index in [9.17, 15) is 0 Å². The van der Waals surface area contributed by atoms with Gasteiger partial charge in [0.15, 0.2) is 0 Å². The molecule has 53 heavy (non-hydrogen) atoms. The molecule has 0 bridgehead atoms. The van der Waals surface area contributed by atoms with Crippen LogP contribution in [-0.2, 0) is 38.4 Å². The second kappa shape index (κ2) is 16.9. The van der Waals surface area contributed by atoms with Gasteiger partial charge >= 0.3 is 0 Å². The van der Waals surface area contributed by atoms with E-state index in [1.807, 2.05) is 24.3 Å². The van der Waals surface area contributed by atoms with Crippen LogP contribution < -0.4 is 5.19 Å². The molecule has 2 aromatic carbocycles. The van der Waals surface area contributed by atoms with Gasteiger partial charge in [-0.2, -0.15) is 0 Å². The molecule has 7 rings (SSSR count). The maximum absolute atomic E-state index is 6.11. The van der Waals surface area contributed by atoms with Gasteiger partial charge in [-0.3, -0.25) is 0 Å². The van der Waals surface area contributed by atoms with Gasteiger partial charge < -0.3 is 14.4 Å². The summed E-state index contributed by atoms with van der Waals surface area (Å²) in [5.74, 6) is 1.94. The molecule has 0 aliphatic heterocycles. The molecule has 0 spiro atoms. The molecule has 0 amide bonds. The molecule has 1 fully saturated rings. The van der Waals surface area contributed by atoms with Crippen molar-refractivity contribution in [1.29, 1.82) is 0 Å². The molecule has 1 radical (unpaired) electrons. The molecule has 4 aromatic heterocycles. The van der Waals surface area contributed by atoms with E-state index in [0.717, 1.165) is 57.6 Å². The van der Waals surface area contributed by atoms with E-state index in [1.165, 1.54) is 53.1 Å². The van der Waals surface area contributed by atoms with E-state index in [-0.39, 0.29) is 25.5 Å². The van der Waals surface area contributed by atoms with Crippen LogP contribution in [-0.4, -0.2) is 23.0 Å². The van der Waals surface area contributed by atoms with Gasteiger partial charge in [0.1, 0.15) is 0 Å². The van der Waals surface area contributed by atoms with Crippen molar-refractivity contribution in [1.82, 2.24) is 15.0 Å². The van der Waals surface area contributed by atoms with Crippen molar-refractivity contribution in [3.8, 4) is 22.5 Å². The number of nitrogens with zero attached hydrogens (tertiary/aromatic N) is 3. The van der Waals surface area contributed by atoms with Gasteiger partial charge in [-0.15, -0.1) is 53.6 Å². The summed E-state index contributed by atoms with van der Waals surface area (Å²) in [6, 6.07) is 25.8. The van der Waals surface area contributed by atoms with Crippen LogP contribution in [0.2, 0.25) is 19.6 Å². The number of hydrogen-bond acceptors (Lipinski definition) is 4. The minimum Gasteiger partial charge on any atom is -0.486 e. The predicted molar refractivity (Wildman–Crippen MR) is 222 cm³/mol. The number of fused-ring (bicyclic) bond motifs is 3. The number of hydrogen-bond donors (Lipinski definition) is 0. The second-order valence-corrected chi connectivity index (χ2v) is 22.7. The molecule has 281 valence electrons. The van der Waals surface area contributed by atoms with Crippen LogP contribution in [0, 0.1) is 24.0 Å². The Labute approximate surface area is 333 Å². The molecular formula is C47H57IrN3OSi-2. The van der Waals surface area contributed by atoms with Crippen molar-refractivity contribution in [2.45, 2.75) is 118 Å². The number of pyridine rings is 3. The van der Waals surface area contributed by atoms with E-state index < -0.39 is 8.07 Å². The summed E-state index contributed by atoms with van der Waals surface area (Å²) in [4.78, 5) is 14.0. The Hall–Kier alpha value is -3.44. The predicted octanol–water partition coefficient (Wildman–Crippen LogP) is 12.3. The zero-order valence-corrected chi connectivity index (χ0v) is 36.9. The van der Waals surface area contributed by atoms with Gasteiger partial charge in [-0.05, 0) is 75.8 Å². The molecule has 0 unspecified atom stereocenters. The normalized spacial score (nSPS) is 13.8. The molecular weight excluding hydrogens is 843 g/mol. The summed E-state index contributed by atoms with van der Waals surface area (Å²) in [6.45, 7) is 23.0. The molecule has 0 N–H and O–H groups in total. The SMILES string of the molecule is CC(C)Cc1cc(-c2[c-]ccc(C(C)(C)C)c2)ncc1[Si](C)(C)C.CC(C)c1cnc(-c2[c-]ccc3c2oc2ncccc23)cc1CC1CCCC1.[Ir]. The van der Waals surface area contributed by atoms with Gasteiger partial charge in [0.05, 0.1) is 13.7 Å². The maximum Gasteiger partial charge on any atom is 0.216 e. The third kappa shape index (κ3) is 9.63. The molecule has 0 saturated heterocycles. The van der Waals surface area contributed by atoms with Crippen molar-refractivity contribution >= 4 is 35.3 Å². The third-order valence-electron chi connectivity index (χ3n) is 10.5. The first-order valence-electron chi connectivity index (χ1n) is 19.4. The Morgan fingerprint density at radius 3 is 2.21 bits per heavy atom. The number of furan rings is 1. The van der Waals surface area contributed by atoms with Gasteiger partial charge in [0, 0.05) is 44.1 Å². The number of rotatable bonds is 8. The Bertz CT molecular complexity index is 2150. The van der Waals surface area contributed by atoms with Crippen LogP contribution in [0.3, 0.4) is 0 Å². The molecule has 1 aliphatic rings. The topological polar surface area (TPSA) is 51.8 Å². The Morgan fingerprint density at radius 2 is 1.53 bits per heavy atom. The fourth-order valence-corrected chi connectivity index (χ4v) is 9.23. The summed E-state index contributed by atoms with van der Waals surface area (Å²) in [7, 11) is -1.38. The van der Waals surface area contributed by atoms with E-state index in [4.69, 9.17) is 14.4 Å². The summed E-state index contributed by atoms with van der Waals surface area (Å²) in [5.41, 5.74) is 11.3. The van der Waals surface area contributed by atoms with E-state index in [1.54, 1.807) is 6.20 Å². The maximum atomic E-state index is 6.11. The Morgan fingerprint density at radius 1 is 0.830 bits per heavy atom. The number of benzene rings is 2. The van der Waals surface area contributed by atoms with Gasteiger partial charge in [0.2, 0.25) is 5.71 Å². The summed E-state index contributed by atoms with van der Waals surface area (Å²) >= 11 is 0. The summed E-state index contributed by atoms with van der Waals surface area (Å²) in [6.07, 6.45) is 13.7. The van der Waals surface area contributed by atoms with E-state index >= 15 is 0 Å².